The summed E-state index contributed by atoms with van der Waals surface area (Å²) in [6.07, 6.45) is 2.18. The third kappa shape index (κ3) is 4.27. The normalized spacial score (nSPS) is 16.4. The molecular formula is C21H19NO3. The molecule has 0 N–H and O–H groups in total. The molecule has 4 nitrogen and oxygen atoms in total. The number of hydrogen-bond donors (Lipinski definition) is 0. The molecule has 0 radical (unpaired) electrons. The zero-order valence-corrected chi connectivity index (χ0v) is 13.9. The van der Waals surface area contributed by atoms with Crippen LogP contribution in [0.25, 0.3) is 11.1 Å². The van der Waals surface area contributed by atoms with Gasteiger partial charge in [-0.25, -0.2) is 4.79 Å². The molecule has 3 rings (SSSR count). The second-order valence-corrected chi connectivity index (χ2v) is 6.04. The van der Waals surface area contributed by atoms with Crippen molar-refractivity contribution in [1.29, 1.82) is 5.26 Å². The van der Waals surface area contributed by atoms with Crippen molar-refractivity contribution in [3.63, 3.8) is 0 Å². The van der Waals surface area contributed by atoms with Crippen LogP contribution >= 0.6 is 0 Å². The van der Waals surface area contributed by atoms with Crippen molar-refractivity contribution in [2.24, 2.45) is 0 Å². The topological polar surface area (TPSA) is 59.3 Å². The van der Waals surface area contributed by atoms with Crippen molar-refractivity contribution in [3.05, 3.63) is 66.2 Å². The van der Waals surface area contributed by atoms with Crippen molar-refractivity contribution >= 4 is 5.97 Å². The van der Waals surface area contributed by atoms with E-state index in [1.54, 1.807) is 0 Å². The van der Waals surface area contributed by atoms with Gasteiger partial charge >= 0.3 is 5.97 Å². The number of benzene rings is 2. The molecule has 2 aromatic carbocycles. The molecule has 4 heteroatoms. The lowest BCUT2D eigenvalue weighted by atomic mass is 10.0. The molecule has 1 heterocycles. The van der Waals surface area contributed by atoms with Gasteiger partial charge in [0.15, 0.2) is 0 Å². The highest BCUT2D eigenvalue weighted by atomic mass is 16.5. The average molecular weight is 333 g/mol. The number of carbonyl (C=O) groups excluding carboxylic acids is 1. The number of carbonyl (C=O) groups is 1. The summed E-state index contributed by atoms with van der Waals surface area (Å²) in [6.45, 7) is 4.26. The van der Waals surface area contributed by atoms with Crippen molar-refractivity contribution in [3.8, 4) is 22.9 Å². The van der Waals surface area contributed by atoms with E-state index in [2.05, 4.69) is 12.6 Å². The van der Waals surface area contributed by atoms with Crippen molar-refractivity contribution in [2.45, 2.75) is 25.4 Å². The summed E-state index contributed by atoms with van der Waals surface area (Å²) in [7, 11) is 0. The van der Waals surface area contributed by atoms with E-state index in [-0.39, 0.29) is 12.1 Å². The Morgan fingerprint density at radius 3 is 2.32 bits per heavy atom. The van der Waals surface area contributed by atoms with Crippen LogP contribution in [-0.4, -0.2) is 18.7 Å². The van der Waals surface area contributed by atoms with E-state index in [0.717, 1.165) is 29.7 Å². The van der Waals surface area contributed by atoms with Gasteiger partial charge in [-0.1, -0.05) is 30.8 Å². The summed E-state index contributed by atoms with van der Waals surface area (Å²) in [5, 5.41) is 8.84. The van der Waals surface area contributed by atoms with Crippen molar-refractivity contribution < 1.29 is 14.3 Å². The van der Waals surface area contributed by atoms with Crippen LogP contribution in [0, 0.1) is 11.3 Å². The fourth-order valence-electron chi connectivity index (χ4n) is 2.78. The maximum Gasteiger partial charge on any atom is 0.333 e. The second-order valence-electron chi connectivity index (χ2n) is 6.04. The number of esters is 1. The van der Waals surface area contributed by atoms with Gasteiger partial charge in [-0.3, -0.25) is 0 Å². The zero-order chi connectivity index (χ0) is 17.6. The molecule has 0 aromatic heterocycles. The Morgan fingerprint density at radius 1 is 1.12 bits per heavy atom. The van der Waals surface area contributed by atoms with Crippen LogP contribution in [0.4, 0.5) is 0 Å². The van der Waals surface area contributed by atoms with E-state index < -0.39 is 0 Å². The molecule has 25 heavy (non-hydrogen) atoms. The predicted octanol–water partition coefficient (Wildman–Crippen LogP) is 4.26. The highest BCUT2D eigenvalue weighted by molar-refractivity contribution is 5.89. The van der Waals surface area contributed by atoms with Gasteiger partial charge in [-0.05, 0) is 48.2 Å². The molecule has 1 unspecified atom stereocenters. The van der Waals surface area contributed by atoms with Gasteiger partial charge in [-0.15, -0.1) is 0 Å². The van der Waals surface area contributed by atoms with E-state index >= 15 is 0 Å². The molecule has 0 aliphatic carbocycles. The summed E-state index contributed by atoms with van der Waals surface area (Å²) in [4.78, 5) is 11.3. The van der Waals surface area contributed by atoms with Gasteiger partial charge in [0.25, 0.3) is 0 Å². The van der Waals surface area contributed by atoms with Crippen LogP contribution in [0.1, 0.15) is 24.8 Å². The van der Waals surface area contributed by atoms with Crippen LogP contribution in [0.5, 0.6) is 5.75 Å². The minimum Gasteiger partial charge on any atom is -0.494 e. The lowest BCUT2D eigenvalue weighted by Crippen LogP contribution is -2.09. The predicted molar refractivity (Wildman–Crippen MR) is 95.0 cm³/mol. The monoisotopic (exact) mass is 333 g/mol. The Kier molecular flexibility index (Phi) is 5.15. The van der Waals surface area contributed by atoms with Crippen LogP contribution in [0.2, 0.25) is 0 Å². The fourth-order valence-corrected chi connectivity index (χ4v) is 2.78. The third-order valence-electron chi connectivity index (χ3n) is 4.18. The van der Waals surface area contributed by atoms with E-state index in [4.69, 9.17) is 14.7 Å². The lowest BCUT2D eigenvalue weighted by molar-refractivity contribution is -0.139. The number of hydrogen-bond acceptors (Lipinski definition) is 4. The van der Waals surface area contributed by atoms with E-state index in [9.17, 15) is 4.79 Å². The molecule has 1 saturated heterocycles. The molecule has 0 spiro atoms. The van der Waals surface area contributed by atoms with E-state index in [1.807, 2.05) is 48.5 Å². The van der Waals surface area contributed by atoms with E-state index in [0.29, 0.717) is 24.2 Å². The smallest absolute Gasteiger partial charge is 0.333 e. The average Bonchev–Trinajstić information content (AvgIpc) is 2.97. The largest absolute Gasteiger partial charge is 0.494 e. The van der Waals surface area contributed by atoms with Gasteiger partial charge in [0, 0.05) is 12.0 Å². The molecule has 1 aliphatic rings. The number of cyclic esters (lactones) is 1. The molecule has 1 atom stereocenters. The number of ether oxygens (including phenoxy) is 2. The molecule has 2 aromatic rings. The highest BCUT2D eigenvalue weighted by Gasteiger charge is 2.26. The lowest BCUT2D eigenvalue weighted by Gasteiger charge is -2.10. The van der Waals surface area contributed by atoms with Gasteiger partial charge in [0.05, 0.1) is 18.2 Å². The summed E-state index contributed by atoms with van der Waals surface area (Å²) < 4.78 is 10.9. The number of nitrogens with zero attached hydrogens (tertiary/aromatic N) is 1. The van der Waals surface area contributed by atoms with Crippen molar-refractivity contribution in [1.82, 2.24) is 0 Å². The van der Waals surface area contributed by atoms with Gasteiger partial charge in [0.2, 0.25) is 0 Å². The summed E-state index contributed by atoms with van der Waals surface area (Å²) >= 11 is 0. The first-order chi connectivity index (χ1) is 12.2. The Hall–Kier alpha value is -3.06. The Labute approximate surface area is 147 Å². The summed E-state index contributed by atoms with van der Waals surface area (Å²) in [5.41, 5.74) is 3.35. The van der Waals surface area contributed by atoms with Crippen LogP contribution in [0.15, 0.2) is 60.7 Å². The molecular weight excluding hydrogens is 314 g/mol. The minimum absolute atomic E-state index is 0.0534. The maximum absolute atomic E-state index is 11.3. The molecule has 1 aliphatic heterocycles. The first kappa shape index (κ1) is 16.8. The standard InChI is InChI=1S/C21H19NO3/c1-15-13-20(25-21(15)23)3-2-12-24-19-10-8-18(9-11-19)17-6-4-16(14-22)5-7-17/h4-11,20H,1-3,12-13H2. The van der Waals surface area contributed by atoms with Crippen LogP contribution < -0.4 is 4.74 Å². The number of nitriles is 1. The number of rotatable bonds is 6. The fraction of sp³-hybridized carbons (Fsp3) is 0.238. The van der Waals surface area contributed by atoms with Gasteiger partial charge < -0.3 is 9.47 Å². The van der Waals surface area contributed by atoms with Crippen molar-refractivity contribution in [2.75, 3.05) is 6.61 Å². The molecule has 126 valence electrons. The Morgan fingerprint density at radius 2 is 1.76 bits per heavy atom. The summed E-state index contributed by atoms with van der Waals surface area (Å²) in [5.74, 6) is 0.537. The van der Waals surface area contributed by atoms with E-state index in [1.165, 1.54) is 0 Å². The van der Waals surface area contributed by atoms with Crippen LogP contribution in [0.3, 0.4) is 0 Å². The molecule has 0 saturated carbocycles. The second kappa shape index (κ2) is 7.67. The first-order valence-electron chi connectivity index (χ1n) is 8.28. The van der Waals surface area contributed by atoms with Gasteiger partial charge in [0.1, 0.15) is 11.9 Å². The molecule has 0 amide bonds. The Bertz CT molecular complexity index is 785. The highest BCUT2D eigenvalue weighted by Crippen LogP contribution is 2.24. The van der Waals surface area contributed by atoms with Gasteiger partial charge in [-0.2, -0.15) is 5.26 Å². The quantitative estimate of drug-likeness (QED) is 0.450. The summed E-state index contributed by atoms with van der Waals surface area (Å²) in [6, 6.07) is 17.5. The molecule has 0 bridgehead atoms. The SMILES string of the molecule is C=C1CC(CCCOc2ccc(-c3ccc(C#N)cc3)cc2)OC1=O. The Balaban J connectivity index is 1.47. The third-order valence-corrected chi connectivity index (χ3v) is 4.18. The minimum atomic E-state index is -0.274. The first-order valence-corrected chi connectivity index (χ1v) is 8.28. The van der Waals surface area contributed by atoms with Crippen LogP contribution in [-0.2, 0) is 9.53 Å². The maximum atomic E-state index is 11.3. The zero-order valence-electron chi connectivity index (χ0n) is 13.9. The molecule has 1 fully saturated rings.